The van der Waals surface area contributed by atoms with Crippen molar-refractivity contribution in [2.75, 3.05) is 33.2 Å². The molecule has 2 amide bonds. The topological polar surface area (TPSA) is 35.6 Å². The largest absolute Gasteiger partial charge is 0.334 e. The highest BCUT2D eigenvalue weighted by Crippen LogP contribution is 2.13. The third-order valence-corrected chi connectivity index (χ3v) is 3.85. The standard InChI is InChI=1S/C15H23N3O/c1-12-5-4-6-13(2)14(12)11-16-15(19)18-9-7-17(3)8-10-18/h4-6H,7-11H2,1-3H3,(H,16,19). The second-order valence-electron chi connectivity index (χ2n) is 5.32. The first-order valence-electron chi connectivity index (χ1n) is 6.84. The number of urea groups is 1. The first-order valence-corrected chi connectivity index (χ1v) is 6.84. The lowest BCUT2D eigenvalue weighted by molar-refractivity contribution is 0.154. The molecule has 1 aliphatic heterocycles. The Bertz CT molecular complexity index is 430. The lowest BCUT2D eigenvalue weighted by Gasteiger charge is -2.32. The molecule has 1 N–H and O–H groups in total. The first kappa shape index (κ1) is 13.9. The van der Waals surface area contributed by atoms with Gasteiger partial charge in [0.1, 0.15) is 0 Å². The molecule has 0 unspecified atom stereocenters. The molecule has 1 aromatic rings. The van der Waals surface area contributed by atoms with Crippen molar-refractivity contribution in [2.24, 2.45) is 0 Å². The number of rotatable bonds is 2. The van der Waals surface area contributed by atoms with Crippen molar-refractivity contribution in [3.8, 4) is 0 Å². The van der Waals surface area contributed by atoms with E-state index in [2.05, 4.69) is 49.3 Å². The van der Waals surface area contributed by atoms with Gasteiger partial charge < -0.3 is 15.1 Å². The number of aryl methyl sites for hydroxylation is 2. The Morgan fingerprint density at radius 2 is 1.74 bits per heavy atom. The van der Waals surface area contributed by atoms with Gasteiger partial charge in [0.25, 0.3) is 0 Å². The smallest absolute Gasteiger partial charge is 0.317 e. The minimum absolute atomic E-state index is 0.0516. The zero-order valence-corrected chi connectivity index (χ0v) is 12.1. The summed E-state index contributed by atoms with van der Waals surface area (Å²) in [6.45, 7) is 8.33. The summed E-state index contributed by atoms with van der Waals surface area (Å²) in [5.41, 5.74) is 3.70. The lowest BCUT2D eigenvalue weighted by Crippen LogP contribution is -2.50. The number of carbonyl (C=O) groups is 1. The van der Waals surface area contributed by atoms with Gasteiger partial charge in [-0.15, -0.1) is 0 Å². The molecule has 1 aliphatic rings. The molecule has 0 spiro atoms. The van der Waals surface area contributed by atoms with Gasteiger partial charge in [0, 0.05) is 32.7 Å². The van der Waals surface area contributed by atoms with Crippen LogP contribution in [-0.4, -0.2) is 49.1 Å². The number of benzene rings is 1. The normalized spacial score (nSPS) is 16.5. The summed E-state index contributed by atoms with van der Waals surface area (Å²) in [5, 5.41) is 3.03. The van der Waals surface area contributed by atoms with E-state index in [0.717, 1.165) is 26.2 Å². The minimum Gasteiger partial charge on any atom is -0.334 e. The Hall–Kier alpha value is -1.55. The third-order valence-electron chi connectivity index (χ3n) is 3.85. The predicted molar refractivity (Wildman–Crippen MR) is 77.2 cm³/mol. The van der Waals surface area contributed by atoms with E-state index in [1.807, 2.05) is 4.90 Å². The molecule has 1 saturated heterocycles. The highest BCUT2D eigenvalue weighted by Gasteiger charge is 2.18. The van der Waals surface area contributed by atoms with Crippen LogP contribution in [-0.2, 0) is 6.54 Å². The van der Waals surface area contributed by atoms with Gasteiger partial charge in [0.05, 0.1) is 0 Å². The third kappa shape index (κ3) is 3.47. The Morgan fingerprint density at radius 3 is 2.32 bits per heavy atom. The van der Waals surface area contributed by atoms with Gasteiger partial charge in [-0.1, -0.05) is 18.2 Å². The molecule has 0 aliphatic carbocycles. The van der Waals surface area contributed by atoms with E-state index < -0.39 is 0 Å². The second kappa shape index (κ2) is 6.06. The summed E-state index contributed by atoms with van der Waals surface area (Å²) in [7, 11) is 2.09. The highest BCUT2D eigenvalue weighted by molar-refractivity contribution is 5.74. The number of nitrogens with zero attached hydrogens (tertiary/aromatic N) is 2. The van der Waals surface area contributed by atoms with Crippen molar-refractivity contribution >= 4 is 6.03 Å². The molecule has 2 rings (SSSR count). The summed E-state index contributed by atoms with van der Waals surface area (Å²) in [5.74, 6) is 0. The SMILES string of the molecule is Cc1cccc(C)c1CNC(=O)N1CCN(C)CC1. The Labute approximate surface area is 115 Å². The van der Waals surface area contributed by atoms with Gasteiger partial charge in [-0.25, -0.2) is 4.79 Å². The molecular formula is C15H23N3O. The molecule has 19 heavy (non-hydrogen) atoms. The van der Waals surface area contributed by atoms with Crippen LogP contribution >= 0.6 is 0 Å². The number of nitrogens with one attached hydrogen (secondary N) is 1. The first-order chi connectivity index (χ1) is 9.08. The molecule has 104 valence electrons. The van der Waals surface area contributed by atoms with Crippen molar-refractivity contribution in [1.29, 1.82) is 0 Å². The van der Waals surface area contributed by atoms with Crippen LogP contribution in [0.1, 0.15) is 16.7 Å². The fourth-order valence-electron chi connectivity index (χ4n) is 2.41. The van der Waals surface area contributed by atoms with Gasteiger partial charge >= 0.3 is 6.03 Å². The molecule has 4 heteroatoms. The zero-order valence-electron chi connectivity index (χ0n) is 12.1. The summed E-state index contributed by atoms with van der Waals surface area (Å²) in [4.78, 5) is 16.2. The van der Waals surface area contributed by atoms with E-state index in [0.29, 0.717) is 6.54 Å². The van der Waals surface area contributed by atoms with Crippen LogP contribution < -0.4 is 5.32 Å². The van der Waals surface area contributed by atoms with Crippen molar-refractivity contribution < 1.29 is 4.79 Å². The van der Waals surface area contributed by atoms with Crippen LogP contribution in [0, 0.1) is 13.8 Å². The number of likely N-dealkylation sites (N-methyl/N-ethyl adjacent to an activating group) is 1. The van der Waals surface area contributed by atoms with Gasteiger partial charge in [-0.05, 0) is 37.6 Å². The fraction of sp³-hybridized carbons (Fsp3) is 0.533. The van der Waals surface area contributed by atoms with Crippen molar-refractivity contribution in [3.63, 3.8) is 0 Å². The van der Waals surface area contributed by atoms with E-state index in [4.69, 9.17) is 0 Å². The Morgan fingerprint density at radius 1 is 1.16 bits per heavy atom. The van der Waals surface area contributed by atoms with Crippen molar-refractivity contribution in [2.45, 2.75) is 20.4 Å². The molecule has 0 saturated carbocycles. The summed E-state index contributed by atoms with van der Waals surface area (Å²) >= 11 is 0. The fourth-order valence-corrected chi connectivity index (χ4v) is 2.41. The molecular weight excluding hydrogens is 238 g/mol. The number of amides is 2. The molecule has 0 bridgehead atoms. The maximum atomic E-state index is 12.1. The van der Waals surface area contributed by atoms with Crippen molar-refractivity contribution in [1.82, 2.24) is 15.1 Å². The molecule has 4 nitrogen and oxygen atoms in total. The van der Waals surface area contributed by atoms with Crippen LogP contribution in [0.3, 0.4) is 0 Å². The Kier molecular flexibility index (Phi) is 4.43. The predicted octanol–water partition coefficient (Wildman–Crippen LogP) is 1.76. The van der Waals surface area contributed by atoms with Crippen LogP contribution in [0.2, 0.25) is 0 Å². The summed E-state index contributed by atoms with van der Waals surface area (Å²) in [6.07, 6.45) is 0. The van der Waals surface area contributed by atoms with E-state index in [9.17, 15) is 4.79 Å². The van der Waals surface area contributed by atoms with Crippen LogP contribution in [0.4, 0.5) is 4.79 Å². The molecule has 1 fully saturated rings. The number of hydrogen-bond donors (Lipinski definition) is 1. The molecule has 0 atom stereocenters. The quantitative estimate of drug-likeness (QED) is 0.880. The Balaban J connectivity index is 1.90. The second-order valence-corrected chi connectivity index (χ2v) is 5.32. The van der Waals surface area contributed by atoms with Gasteiger partial charge in [0.2, 0.25) is 0 Å². The lowest BCUT2D eigenvalue weighted by atomic mass is 10.0. The minimum atomic E-state index is 0.0516. The molecule has 1 heterocycles. The van der Waals surface area contributed by atoms with Crippen molar-refractivity contribution in [3.05, 3.63) is 34.9 Å². The highest BCUT2D eigenvalue weighted by atomic mass is 16.2. The van der Waals surface area contributed by atoms with Crippen LogP contribution in [0.5, 0.6) is 0 Å². The molecule has 0 radical (unpaired) electrons. The van der Waals surface area contributed by atoms with Crippen LogP contribution in [0.15, 0.2) is 18.2 Å². The van der Waals surface area contributed by atoms with E-state index >= 15 is 0 Å². The van der Waals surface area contributed by atoms with Crippen LogP contribution in [0.25, 0.3) is 0 Å². The monoisotopic (exact) mass is 261 g/mol. The van der Waals surface area contributed by atoms with E-state index in [1.54, 1.807) is 0 Å². The van der Waals surface area contributed by atoms with E-state index in [-0.39, 0.29) is 6.03 Å². The van der Waals surface area contributed by atoms with Gasteiger partial charge in [-0.2, -0.15) is 0 Å². The maximum absolute atomic E-state index is 12.1. The average Bonchev–Trinajstić information content (AvgIpc) is 2.38. The molecule has 1 aromatic carbocycles. The summed E-state index contributed by atoms with van der Waals surface area (Å²) < 4.78 is 0. The number of carbonyl (C=O) groups excluding carboxylic acids is 1. The van der Waals surface area contributed by atoms with E-state index in [1.165, 1.54) is 16.7 Å². The zero-order chi connectivity index (χ0) is 13.8. The summed E-state index contributed by atoms with van der Waals surface area (Å²) in [6, 6.07) is 6.28. The van der Waals surface area contributed by atoms with Gasteiger partial charge in [0.15, 0.2) is 0 Å². The number of hydrogen-bond acceptors (Lipinski definition) is 2. The maximum Gasteiger partial charge on any atom is 0.317 e. The number of piperazine rings is 1. The average molecular weight is 261 g/mol. The van der Waals surface area contributed by atoms with Gasteiger partial charge in [-0.3, -0.25) is 0 Å². The molecule has 0 aromatic heterocycles.